The smallest absolute Gasteiger partial charge is 0.230 e. The number of nitrogens with zero attached hydrogens (tertiary/aromatic N) is 3. The molecule has 0 aliphatic carbocycles. The van der Waals surface area contributed by atoms with Crippen molar-refractivity contribution in [2.24, 2.45) is 0 Å². The third kappa shape index (κ3) is 6.85. The van der Waals surface area contributed by atoms with Crippen LogP contribution in [0.15, 0.2) is 73.3 Å². The lowest BCUT2D eigenvalue weighted by Gasteiger charge is -2.12. The molecule has 0 fully saturated rings. The molecule has 210 valence electrons. The average molecular weight is 592 g/mol. The molecule has 0 bridgehead atoms. The minimum Gasteiger partial charge on any atom is -0.496 e. The number of halogens is 1. The van der Waals surface area contributed by atoms with Gasteiger partial charge in [0, 0.05) is 49.4 Å². The molecule has 1 amide bonds. The highest BCUT2D eigenvalue weighted by atomic mass is 32.1. The number of benzene rings is 2. The maximum atomic E-state index is 15.0. The molecule has 3 heterocycles. The molecule has 9 nitrogen and oxygen atoms in total. The van der Waals surface area contributed by atoms with Crippen LogP contribution in [0, 0.1) is 5.82 Å². The van der Waals surface area contributed by atoms with E-state index in [2.05, 4.69) is 20.6 Å². The molecule has 0 spiro atoms. The van der Waals surface area contributed by atoms with Crippen LogP contribution in [0.25, 0.3) is 20.8 Å². The van der Waals surface area contributed by atoms with E-state index in [0.717, 1.165) is 26.4 Å². The van der Waals surface area contributed by atoms with Gasteiger partial charge in [-0.2, -0.15) is 0 Å². The fourth-order valence-electron chi connectivity index (χ4n) is 4.06. The number of carbonyl (C=O) groups excluding carboxylic acids is 1. The highest BCUT2D eigenvalue weighted by Crippen LogP contribution is 2.39. The van der Waals surface area contributed by atoms with Crippen LogP contribution in [-0.4, -0.2) is 46.4 Å². The zero-order valence-electron chi connectivity index (χ0n) is 22.2. The molecule has 0 unspecified atom stereocenters. The fourth-order valence-corrected chi connectivity index (χ4v) is 5.32. The molecule has 3 aromatic heterocycles. The Labute approximate surface area is 244 Å². The molecule has 0 radical (unpaired) electrons. The molecule has 0 saturated heterocycles. The average Bonchev–Trinajstić information content (AvgIpc) is 3.61. The third-order valence-electron chi connectivity index (χ3n) is 6.02. The summed E-state index contributed by atoms with van der Waals surface area (Å²) in [6, 6.07) is 15.2. The standard InChI is InChI=1S/C29H26FN5O4S2/c1-37-12-11-35-16-22(32-17-35)26-15-21-28(41-26)25(9-10-31-21)39-24-8-7-19(14-20(24)30)33-29(40)34-27(36)13-18-5-3-4-6-23(18)38-2/h3-10,14-17H,11-13H2,1-2H3,(H2,33,34,36,40). The van der Waals surface area contributed by atoms with Gasteiger partial charge in [0.25, 0.3) is 0 Å². The van der Waals surface area contributed by atoms with E-state index < -0.39 is 5.82 Å². The number of imidazole rings is 1. The van der Waals surface area contributed by atoms with E-state index in [1.165, 1.54) is 23.5 Å². The number of carbonyl (C=O) groups is 1. The molecule has 2 aromatic carbocycles. The Hall–Kier alpha value is -4.39. The van der Waals surface area contributed by atoms with Crippen LogP contribution in [0.2, 0.25) is 0 Å². The number of methoxy groups -OCH3 is 2. The Balaban J connectivity index is 1.24. The van der Waals surface area contributed by atoms with Crippen molar-refractivity contribution in [3.63, 3.8) is 0 Å². The summed E-state index contributed by atoms with van der Waals surface area (Å²) in [5, 5.41) is 5.48. The van der Waals surface area contributed by atoms with Gasteiger partial charge in [-0.15, -0.1) is 11.3 Å². The number of para-hydroxylation sites is 1. The number of fused-ring (bicyclic) bond motifs is 1. The van der Waals surface area contributed by atoms with Crippen molar-refractivity contribution in [3.8, 4) is 27.8 Å². The molecular formula is C29H26FN5O4S2. The molecule has 5 rings (SSSR count). The summed E-state index contributed by atoms with van der Waals surface area (Å²) in [6.07, 6.45) is 5.39. The number of hydrogen-bond donors (Lipinski definition) is 2. The summed E-state index contributed by atoms with van der Waals surface area (Å²) in [7, 11) is 3.20. The maximum Gasteiger partial charge on any atom is 0.230 e. The summed E-state index contributed by atoms with van der Waals surface area (Å²) in [6.45, 7) is 1.29. The van der Waals surface area contributed by atoms with E-state index in [0.29, 0.717) is 30.3 Å². The number of ether oxygens (including phenoxy) is 3. The first-order chi connectivity index (χ1) is 19.9. The van der Waals surface area contributed by atoms with Crippen molar-refractivity contribution in [2.45, 2.75) is 13.0 Å². The lowest BCUT2D eigenvalue weighted by Crippen LogP contribution is -2.35. The van der Waals surface area contributed by atoms with Gasteiger partial charge in [-0.25, -0.2) is 9.37 Å². The van der Waals surface area contributed by atoms with Crippen LogP contribution < -0.4 is 20.1 Å². The molecule has 12 heteroatoms. The SMILES string of the molecule is COCCn1cnc(-c2cc3nccc(Oc4ccc(NC(=S)NC(=O)Cc5ccccc5OC)cc4F)c3s2)c1. The number of pyridine rings is 1. The van der Waals surface area contributed by atoms with Crippen molar-refractivity contribution < 1.29 is 23.4 Å². The summed E-state index contributed by atoms with van der Waals surface area (Å²) in [5.41, 5.74) is 2.62. The normalized spacial score (nSPS) is 10.9. The number of thiophene rings is 1. The first kappa shape index (κ1) is 28.1. The lowest BCUT2D eigenvalue weighted by atomic mass is 10.1. The van der Waals surface area contributed by atoms with Gasteiger partial charge in [0.15, 0.2) is 16.7 Å². The third-order valence-corrected chi connectivity index (χ3v) is 7.39. The summed E-state index contributed by atoms with van der Waals surface area (Å²) >= 11 is 6.71. The Bertz CT molecular complexity index is 1700. The van der Waals surface area contributed by atoms with Gasteiger partial charge in [-0.1, -0.05) is 18.2 Å². The first-order valence-corrected chi connectivity index (χ1v) is 13.8. The van der Waals surface area contributed by atoms with Gasteiger partial charge in [0.1, 0.15) is 11.5 Å². The number of rotatable bonds is 10. The highest BCUT2D eigenvalue weighted by Gasteiger charge is 2.15. The Morgan fingerprint density at radius 1 is 1.07 bits per heavy atom. The molecule has 0 aliphatic rings. The Morgan fingerprint density at radius 2 is 1.93 bits per heavy atom. The molecular weight excluding hydrogens is 565 g/mol. The number of amides is 1. The monoisotopic (exact) mass is 591 g/mol. The number of hydrogen-bond acceptors (Lipinski definition) is 8. The molecule has 0 atom stereocenters. The van der Waals surface area contributed by atoms with E-state index in [-0.39, 0.29) is 23.2 Å². The fraction of sp³-hybridized carbons (Fsp3) is 0.172. The lowest BCUT2D eigenvalue weighted by molar-refractivity contribution is -0.119. The molecule has 41 heavy (non-hydrogen) atoms. The van der Waals surface area contributed by atoms with E-state index in [1.807, 2.05) is 29.0 Å². The van der Waals surface area contributed by atoms with Gasteiger partial charge in [0.05, 0.1) is 47.3 Å². The van der Waals surface area contributed by atoms with Gasteiger partial charge < -0.3 is 29.4 Å². The second kappa shape index (κ2) is 12.9. The van der Waals surface area contributed by atoms with E-state index >= 15 is 4.39 Å². The molecule has 5 aromatic rings. The number of aromatic nitrogens is 3. The van der Waals surface area contributed by atoms with Crippen LogP contribution in [0.5, 0.6) is 17.2 Å². The summed E-state index contributed by atoms with van der Waals surface area (Å²) in [5.74, 6) is 0.192. The number of nitrogens with one attached hydrogen (secondary N) is 2. The van der Waals surface area contributed by atoms with Crippen molar-refractivity contribution in [3.05, 3.63) is 84.7 Å². The zero-order valence-corrected chi connectivity index (χ0v) is 23.9. The van der Waals surface area contributed by atoms with Crippen LogP contribution in [0.4, 0.5) is 10.1 Å². The summed E-state index contributed by atoms with van der Waals surface area (Å²) < 4.78 is 34.1. The minimum atomic E-state index is -0.600. The van der Waals surface area contributed by atoms with Gasteiger partial charge in [-0.05, 0) is 36.5 Å². The molecule has 0 saturated carbocycles. The predicted octanol–water partition coefficient (Wildman–Crippen LogP) is 5.80. The van der Waals surface area contributed by atoms with E-state index in [4.69, 9.17) is 26.4 Å². The molecule has 0 aliphatic heterocycles. The van der Waals surface area contributed by atoms with Crippen molar-refractivity contribution >= 4 is 50.5 Å². The quantitative estimate of drug-likeness (QED) is 0.197. The van der Waals surface area contributed by atoms with E-state index in [9.17, 15) is 4.79 Å². The minimum absolute atomic E-state index is 0.0352. The highest BCUT2D eigenvalue weighted by molar-refractivity contribution is 7.80. The van der Waals surface area contributed by atoms with Crippen molar-refractivity contribution in [1.29, 1.82) is 0 Å². The predicted molar refractivity (Wildman–Crippen MR) is 160 cm³/mol. The maximum absolute atomic E-state index is 15.0. The summed E-state index contributed by atoms with van der Waals surface area (Å²) in [4.78, 5) is 22.3. The second-order valence-electron chi connectivity index (χ2n) is 8.86. The first-order valence-electron chi connectivity index (χ1n) is 12.5. The van der Waals surface area contributed by atoms with Crippen molar-refractivity contribution in [1.82, 2.24) is 19.9 Å². The van der Waals surface area contributed by atoms with Crippen LogP contribution >= 0.6 is 23.6 Å². The molecule has 2 N–H and O–H groups in total. The van der Waals surface area contributed by atoms with Gasteiger partial charge >= 0.3 is 0 Å². The zero-order chi connectivity index (χ0) is 28.8. The second-order valence-corrected chi connectivity index (χ2v) is 10.3. The van der Waals surface area contributed by atoms with Crippen LogP contribution in [-0.2, 0) is 22.5 Å². The largest absolute Gasteiger partial charge is 0.496 e. The Morgan fingerprint density at radius 3 is 2.73 bits per heavy atom. The van der Waals surface area contributed by atoms with Gasteiger partial charge in [0.2, 0.25) is 5.91 Å². The van der Waals surface area contributed by atoms with Gasteiger partial charge in [-0.3, -0.25) is 9.78 Å². The topological polar surface area (TPSA) is 99.5 Å². The number of anilines is 1. The van der Waals surface area contributed by atoms with Crippen LogP contribution in [0.1, 0.15) is 5.56 Å². The van der Waals surface area contributed by atoms with Crippen molar-refractivity contribution in [2.75, 3.05) is 26.1 Å². The Kier molecular flexibility index (Phi) is 8.82. The van der Waals surface area contributed by atoms with E-state index in [1.54, 1.807) is 51.0 Å². The van der Waals surface area contributed by atoms with Crippen LogP contribution in [0.3, 0.4) is 0 Å². The number of thiocarbonyl (C=S) groups is 1.